The number of carbonyl (C=O) groups is 1. The second kappa shape index (κ2) is 9.54. The van der Waals surface area contributed by atoms with Crippen LogP contribution in [0.1, 0.15) is 32.3 Å². The van der Waals surface area contributed by atoms with Crippen molar-refractivity contribution < 1.29 is 9.90 Å². The largest absolute Gasteiger partial charge is 0.477 e. The molecule has 0 spiro atoms. The Labute approximate surface area is 134 Å². The number of nitriles is 1. The Kier molecular flexibility index (Phi) is 8.03. The minimum absolute atomic E-state index is 0.240. The van der Waals surface area contributed by atoms with Crippen LogP contribution in [0.4, 0.5) is 0 Å². The molecule has 0 saturated carbocycles. The van der Waals surface area contributed by atoms with Gasteiger partial charge in [-0.25, -0.2) is 4.79 Å². The van der Waals surface area contributed by atoms with Gasteiger partial charge >= 0.3 is 5.97 Å². The van der Waals surface area contributed by atoms with Crippen molar-refractivity contribution in [3.05, 3.63) is 29.3 Å². The minimum atomic E-state index is -1.19. The third kappa shape index (κ3) is 5.86. The summed E-state index contributed by atoms with van der Waals surface area (Å²) in [6.45, 7) is 4.28. The lowest BCUT2D eigenvalue weighted by molar-refractivity contribution is -0.132. The highest BCUT2D eigenvalue weighted by Gasteiger charge is 2.08. The highest BCUT2D eigenvalue weighted by molar-refractivity contribution is 8.02. The van der Waals surface area contributed by atoms with Gasteiger partial charge < -0.3 is 5.11 Å². The Morgan fingerprint density at radius 1 is 1.24 bits per heavy atom. The van der Waals surface area contributed by atoms with Gasteiger partial charge in [-0.05, 0) is 48.1 Å². The third-order valence-electron chi connectivity index (χ3n) is 2.55. The molecule has 0 unspecified atom stereocenters. The smallest absolute Gasteiger partial charge is 0.346 e. The van der Waals surface area contributed by atoms with Gasteiger partial charge in [0, 0.05) is 9.79 Å². The molecule has 0 atom stereocenters. The molecule has 1 N–H and O–H groups in total. The van der Waals surface area contributed by atoms with Gasteiger partial charge in [-0.15, -0.1) is 23.5 Å². The van der Waals surface area contributed by atoms with E-state index in [2.05, 4.69) is 13.8 Å². The van der Waals surface area contributed by atoms with E-state index < -0.39 is 5.97 Å². The average Bonchev–Trinajstić information content (AvgIpc) is 2.49. The maximum atomic E-state index is 10.9. The van der Waals surface area contributed by atoms with Crippen LogP contribution < -0.4 is 0 Å². The van der Waals surface area contributed by atoms with Gasteiger partial charge in [0.2, 0.25) is 0 Å². The van der Waals surface area contributed by atoms with Gasteiger partial charge in [0.05, 0.1) is 0 Å². The number of hydrogen-bond donors (Lipinski definition) is 1. The van der Waals surface area contributed by atoms with E-state index in [4.69, 9.17) is 10.4 Å². The molecule has 0 saturated heterocycles. The first kappa shape index (κ1) is 17.7. The van der Waals surface area contributed by atoms with Crippen molar-refractivity contribution >= 4 is 35.6 Å². The Hall–Kier alpha value is -1.38. The normalized spacial score (nSPS) is 11.2. The molecule has 3 nitrogen and oxygen atoms in total. The molecule has 1 aromatic carbocycles. The van der Waals surface area contributed by atoms with E-state index in [9.17, 15) is 4.79 Å². The van der Waals surface area contributed by atoms with E-state index in [0.717, 1.165) is 34.8 Å². The summed E-state index contributed by atoms with van der Waals surface area (Å²) >= 11 is 3.59. The Bertz CT molecular complexity index is 562. The number of hydrogen-bond acceptors (Lipinski definition) is 4. The second-order valence-corrected chi connectivity index (χ2v) is 6.65. The molecule has 21 heavy (non-hydrogen) atoms. The van der Waals surface area contributed by atoms with Crippen molar-refractivity contribution in [1.29, 1.82) is 5.26 Å². The van der Waals surface area contributed by atoms with Gasteiger partial charge in [0.15, 0.2) is 0 Å². The monoisotopic (exact) mass is 321 g/mol. The SMILES string of the molecule is CCCSc1ccc(C=C(C#N)C(=O)O)cc1SCCC. The van der Waals surface area contributed by atoms with Crippen LogP contribution in [0.25, 0.3) is 6.08 Å². The van der Waals surface area contributed by atoms with Crippen molar-refractivity contribution in [2.75, 3.05) is 11.5 Å². The van der Waals surface area contributed by atoms with Crippen LogP contribution in [0.2, 0.25) is 0 Å². The fourth-order valence-electron chi connectivity index (χ4n) is 1.58. The predicted octanol–water partition coefficient (Wildman–Crippen LogP) is 4.68. The van der Waals surface area contributed by atoms with Crippen molar-refractivity contribution in [2.45, 2.75) is 36.5 Å². The lowest BCUT2D eigenvalue weighted by Crippen LogP contribution is -1.97. The molecule has 1 aromatic rings. The highest BCUT2D eigenvalue weighted by atomic mass is 32.2. The topological polar surface area (TPSA) is 61.1 Å². The van der Waals surface area contributed by atoms with Gasteiger partial charge in [0.1, 0.15) is 11.6 Å². The van der Waals surface area contributed by atoms with E-state index in [1.165, 1.54) is 11.0 Å². The molecule has 1 rings (SSSR count). The zero-order valence-corrected chi connectivity index (χ0v) is 13.9. The molecule has 0 aromatic heterocycles. The molecular weight excluding hydrogens is 302 g/mol. The molecule has 0 aliphatic rings. The van der Waals surface area contributed by atoms with Crippen molar-refractivity contribution in [3.8, 4) is 6.07 Å². The van der Waals surface area contributed by atoms with Crippen molar-refractivity contribution in [1.82, 2.24) is 0 Å². The zero-order valence-electron chi connectivity index (χ0n) is 12.3. The molecule has 0 aliphatic heterocycles. The number of rotatable bonds is 8. The molecule has 0 radical (unpaired) electrons. The van der Waals surface area contributed by atoms with E-state index >= 15 is 0 Å². The van der Waals surface area contributed by atoms with Crippen LogP contribution in [0, 0.1) is 11.3 Å². The molecule has 0 amide bonds. The van der Waals surface area contributed by atoms with Crippen LogP contribution in [-0.4, -0.2) is 22.6 Å². The van der Waals surface area contributed by atoms with Gasteiger partial charge in [-0.1, -0.05) is 19.9 Å². The number of thioether (sulfide) groups is 2. The summed E-state index contributed by atoms with van der Waals surface area (Å²) in [5.41, 5.74) is 0.517. The zero-order chi connectivity index (χ0) is 15.7. The average molecular weight is 321 g/mol. The van der Waals surface area contributed by atoms with E-state index in [1.807, 2.05) is 30.0 Å². The van der Waals surface area contributed by atoms with Gasteiger partial charge in [-0.3, -0.25) is 0 Å². The number of benzene rings is 1. The molecule has 0 aliphatic carbocycles. The number of carboxylic acids is 1. The fourth-order valence-corrected chi connectivity index (χ4v) is 3.58. The number of carboxylic acid groups (broad SMARTS) is 1. The summed E-state index contributed by atoms with van der Waals surface area (Å²) in [5.74, 6) is 0.898. The van der Waals surface area contributed by atoms with Crippen LogP contribution in [-0.2, 0) is 4.79 Å². The van der Waals surface area contributed by atoms with Gasteiger partial charge in [-0.2, -0.15) is 5.26 Å². The quantitative estimate of drug-likeness (QED) is 0.428. The summed E-state index contributed by atoms with van der Waals surface area (Å²) in [6.07, 6.45) is 3.62. The maximum absolute atomic E-state index is 10.9. The number of aliphatic carboxylic acids is 1. The second-order valence-electron chi connectivity index (χ2n) is 4.38. The molecular formula is C16H19NO2S2. The van der Waals surface area contributed by atoms with Crippen LogP contribution >= 0.6 is 23.5 Å². The molecule has 0 bridgehead atoms. The maximum Gasteiger partial charge on any atom is 0.346 e. The summed E-state index contributed by atoms with van der Waals surface area (Å²) in [4.78, 5) is 13.3. The molecule has 5 heteroatoms. The first-order valence-electron chi connectivity index (χ1n) is 6.87. The van der Waals surface area contributed by atoms with E-state index in [0.29, 0.717) is 0 Å². The van der Waals surface area contributed by atoms with E-state index in [1.54, 1.807) is 17.8 Å². The molecule has 112 valence electrons. The van der Waals surface area contributed by atoms with E-state index in [-0.39, 0.29) is 5.57 Å². The van der Waals surface area contributed by atoms with Gasteiger partial charge in [0.25, 0.3) is 0 Å². The standard InChI is InChI=1S/C16H19NO2S2/c1-3-7-20-14-6-5-12(9-13(11-17)16(18)19)10-15(14)21-8-4-2/h5-6,9-10H,3-4,7-8H2,1-2H3,(H,18,19). The predicted molar refractivity (Wildman–Crippen MR) is 89.7 cm³/mol. The summed E-state index contributed by atoms with van der Waals surface area (Å²) in [7, 11) is 0. The Morgan fingerprint density at radius 3 is 2.38 bits per heavy atom. The fraction of sp³-hybridized carbons (Fsp3) is 0.375. The molecule has 0 heterocycles. The van der Waals surface area contributed by atoms with Crippen LogP contribution in [0.5, 0.6) is 0 Å². The summed E-state index contributed by atoms with van der Waals surface area (Å²) < 4.78 is 0. The highest BCUT2D eigenvalue weighted by Crippen LogP contribution is 2.33. The molecule has 0 fully saturated rings. The Morgan fingerprint density at radius 2 is 1.86 bits per heavy atom. The summed E-state index contributed by atoms with van der Waals surface area (Å²) in [5, 5.41) is 17.7. The van der Waals surface area contributed by atoms with Crippen LogP contribution in [0.3, 0.4) is 0 Å². The third-order valence-corrected chi connectivity index (χ3v) is 5.22. The van der Waals surface area contributed by atoms with Crippen molar-refractivity contribution in [2.24, 2.45) is 0 Å². The van der Waals surface area contributed by atoms with Crippen LogP contribution in [0.15, 0.2) is 33.6 Å². The first-order valence-corrected chi connectivity index (χ1v) is 8.84. The summed E-state index contributed by atoms with van der Waals surface area (Å²) in [6, 6.07) is 7.57. The van der Waals surface area contributed by atoms with Crippen molar-refractivity contribution in [3.63, 3.8) is 0 Å². The minimum Gasteiger partial charge on any atom is -0.477 e. The number of nitrogens with zero attached hydrogens (tertiary/aromatic N) is 1. The Balaban J connectivity index is 3.08. The lowest BCUT2D eigenvalue weighted by atomic mass is 10.1. The lowest BCUT2D eigenvalue weighted by Gasteiger charge is -2.09. The first-order chi connectivity index (χ1) is 10.1.